The van der Waals surface area contributed by atoms with Crippen LogP contribution in [-0.2, 0) is 11.3 Å². The van der Waals surface area contributed by atoms with Gasteiger partial charge in [-0.05, 0) is 32.4 Å². The Kier molecular flexibility index (Phi) is 4.06. The minimum Gasteiger partial charge on any atom is -0.370 e. The van der Waals surface area contributed by atoms with Gasteiger partial charge in [-0.3, -0.25) is 15.0 Å². The summed E-state index contributed by atoms with van der Waals surface area (Å²) in [5.74, 6) is -0.784. The first kappa shape index (κ1) is 14.9. The molecule has 1 aliphatic heterocycles. The summed E-state index contributed by atoms with van der Waals surface area (Å²) in [4.78, 5) is 12.1. The van der Waals surface area contributed by atoms with Crippen LogP contribution in [0.25, 0.3) is 0 Å². The van der Waals surface area contributed by atoms with Gasteiger partial charge >= 0.3 is 5.69 Å². The smallest absolute Gasteiger partial charge is 0.304 e. The fourth-order valence-electron chi connectivity index (χ4n) is 2.76. The van der Waals surface area contributed by atoms with E-state index in [1.165, 1.54) is 12.1 Å². The van der Waals surface area contributed by atoms with Gasteiger partial charge in [0.2, 0.25) is 5.82 Å². The van der Waals surface area contributed by atoms with Gasteiger partial charge in [-0.25, -0.2) is 0 Å². The predicted octanol–water partition coefficient (Wildman–Crippen LogP) is 2.73. The molecule has 0 aromatic heterocycles. The zero-order valence-corrected chi connectivity index (χ0v) is 11.9. The lowest BCUT2D eigenvalue weighted by Gasteiger charge is -2.41. The summed E-state index contributed by atoms with van der Waals surface area (Å²) in [5.41, 5.74) is 0.0131. The first-order valence-corrected chi connectivity index (χ1v) is 6.60. The molecule has 6 heteroatoms. The van der Waals surface area contributed by atoms with Crippen LogP contribution < -0.4 is 0 Å². The summed E-state index contributed by atoms with van der Waals surface area (Å²) < 4.78 is 19.4. The van der Waals surface area contributed by atoms with Crippen LogP contribution in [0, 0.1) is 15.9 Å². The largest absolute Gasteiger partial charge is 0.370 e. The van der Waals surface area contributed by atoms with Crippen LogP contribution in [-0.4, -0.2) is 34.6 Å². The number of halogens is 1. The summed E-state index contributed by atoms with van der Waals surface area (Å²) in [6.45, 7) is 8.12. The van der Waals surface area contributed by atoms with Gasteiger partial charge in [0, 0.05) is 25.7 Å². The van der Waals surface area contributed by atoms with Crippen molar-refractivity contribution in [2.24, 2.45) is 0 Å². The molecule has 1 aliphatic rings. The fourth-order valence-corrected chi connectivity index (χ4v) is 2.76. The maximum Gasteiger partial charge on any atom is 0.304 e. The topological polar surface area (TPSA) is 55.6 Å². The van der Waals surface area contributed by atoms with Crippen LogP contribution in [0.5, 0.6) is 0 Å². The SMILES string of the molecule is CC1CN(Cc2ccc([N+](=O)[O-])c(F)c2)CC(C)(C)O1. The highest BCUT2D eigenvalue weighted by atomic mass is 19.1. The molecule has 1 aromatic carbocycles. The maximum absolute atomic E-state index is 13.6. The molecule has 1 aromatic rings. The Hall–Kier alpha value is -1.53. The van der Waals surface area contributed by atoms with Crippen molar-refractivity contribution < 1.29 is 14.1 Å². The van der Waals surface area contributed by atoms with E-state index >= 15 is 0 Å². The van der Waals surface area contributed by atoms with Gasteiger partial charge in [-0.1, -0.05) is 6.07 Å². The first-order chi connectivity index (χ1) is 9.27. The molecule has 5 nitrogen and oxygen atoms in total. The summed E-state index contributed by atoms with van der Waals surface area (Å²) in [6, 6.07) is 4.07. The summed E-state index contributed by atoms with van der Waals surface area (Å²) in [5, 5.41) is 10.6. The molecule has 0 bridgehead atoms. The lowest BCUT2D eigenvalue weighted by atomic mass is 10.0. The Balaban J connectivity index is 2.10. The number of hydrogen-bond acceptors (Lipinski definition) is 4. The molecule has 0 radical (unpaired) electrons. The molecule has 1 unspecified atom stereocenters. The molecular weight excluding hydrogens is 263 g/mol. The standard InChI is InChI=1S/C14H19FN2O3/c1-10-7-16(9-14(2,3)20-10)8-11-4-5-13(17(18)19)12(15)6-11/h4-6,10H,7-9H2,1-3H3. The second-order valence-electron chi connectivity index (χ2n) is 5.90. The van der Waals surface area contributed by atoms with E-state index < -0.39 is 16.4 Å². The van der Waals surface area contributed by atoms with E-state index in [1.54, 1.807) is 6.07 Å². The normalized spacial score (nSPS) is 22.7. The van der Waals surface area contributed by atoms with Crippen molar-refractivity contribution in [1.29, 1.82) is 0 Å². The average Bonchev–Trinajstić information content (AvgIpc) is 2.25. The number of hydrogen-bond donors (Lipinski definition) is 0. The van der Waals surface area contributed by atoms with Crippen molar-refractivity contribution in [3.8, 4) is 0 Å². The van der Waals surface area contributed by atoms with Crippen molar-refractivity contribution in [3.63, 3.8) is 0 Å². The number of benzene rings is 1. The van der Waals surface area contributed by atoms with Gasteiger partial charge < -0.3 is 4.74 Å². The number of rotatable bonds is 3. The number of nitro groups is 1. The van der Waals surface area contributed by atoms with Gasteiger partial charge in [0.1, 0.15) is 0 Å². The highest BCUT2D eigenvalue weighted by molar-refractivity contribution is 5.35. The van der Waals surface area contributed by atoms with E-state index in [0.717, 1.165) is 18.7 Å². The van der Waals surface area contributed by atoms with E-state index in [9.17, 15) is 14.5 Å². The van der Waals surface area contributed by atoms with Crippen molar-refractivity contribution in [2.75, 3.05) is 13.1 Å². The quantitative estimate of drug-likeness (QED) is 0.632. The molecule has 1 fully saturated rings. The zero-order chi connectivity index (χ0) is 14.9. The lowest BCUT2D eigenvalue weighted by molar-refractivity contribution is -0.387. The van der Waals surface area contributed by atoms with Crippen LogP contribution in [0.1, 0.15) is 26.3 Å². The third kappa shape index (κ3) is 3.52. The molecule has 0 amide bonds. The second-order valence-corrected chi connectivity index (χ2v) is 5.90. The van der Waals surface area contributed by atoms with E-state index in [0.29, 0.717) is 6.54 Å². The molecule has 0 aliphatic carbocycles. The minimum atomic E-state index is -0.784. The van der Waals surface area contributed by atoms with Crippen LogP contribution in [0.4, 0.5) is 10.1 Å². The third-order valence-electron chi connectivity index (χ3n) is 3.25. The van der Waals surface area contributed by atoms with E-state index in [4.69, 9.17) is 4.74 Å². The van der Waals surface area contributed by atoms with E-state index in [-0.39, 0.29) is 11.7 Å². The number of nitrogens with zero attached hydrogens (tertiary/aromatic N) is 2. The Morgan fingerprint density at radius 3 is 2.80 bits per heavy atom. The molecule has 0 saturated carbocycles. The minimum absolute atomic E-state index is 0.113. The predicted molar refractivity (Wildman–Crippen MR) is 73.0 cm³/mol. The molecule has 2 rings (SSSR count). The monoisotopic (exact) mass is 282 g/mol. The molecule has 0 N–H and O–H groups in total. The van der Waals surface area contributed by atoms with E-state index in [2.05, 4.69) is 4.90 Å². The second kappa shape index (κ2) is 5.46. The summed E-state index contributed by atoms with van der Waals surface area (Å²) >= 11 is 0. The molecular formula is C14H19FN2O3. The number of morpholine rings is 1. The summed E-state index contributed by atoms with van der Waals surface area (Å²) in [7, 11) is 0. The molecule has 110 valence electrons. The highest BCUT2D eigenvalue weighted by Crippen LogP contribution is 2.24. The highest BCUT2D eigenvalue weighted by Gasteiger charge is 2.31. The fraction of sp³-hybridized carbons (Fsp3) is 0.571. The number of nitro benzene ring substituents is 1. The molecule has 1 heterocycles. The molecule has 0 spiro atoms. The zero-order valence-electron chi connectivity index (χ0n) is 11.9. The van der Waals surface area contributed by atoms with Gasteiger partial charge in [-0.15, -0.1) is 0 Å². The van der Waals surface area contributed by atoms with Crippen molar-refractivity contribution in [1.82, 2.24) is 4.90 Å². The Bertz CT molecular complexity index is 519. The van der Waals surface area contributed by atoms with Crippen molar-refractivity contribution >= 4 is 5.69 Å². The Morgan fingerprint density at radius 1 is 1.55 bits per heavy atom. The Labute approximate surface area is 117 Å². The maximum atomic E-state index is 13.6. The van der Waals surface area contributed by atoms with Gasteiger partial charge in [0.05, 0.1) is 16.6 Å². The Morgan fingerprint density at radius 2 is 2.25 bits per heavy atom. The van der Waals surface area contributed by atoms with Gasteiger partial charge in [-0.2, -0.15) is 4.39 Å². The van der Waals surface area contributed by atoms with Gasteiger partial charge in [0.25, 0.3) is 0 Å². The van der Waals surface area contributed by atoms with Gasteiger partial charge in [0.15, 0.2) is 0 Å². The van der Waals surface area contributed by atoms with E-state index in [1.807, 2.05) is 20.8 Å². The van der Waals surface area contributed by atoms with Crippen LogP contribution in [0.15, 0.2) is 18.2 Å². The van der Waals surface area contributed by atoms with Crippen LogP contribution in [0.2, 0.25) is 0 Å². The van der Waals surface area contributed by atoms with Crippen molar-refractivity contribution in [2.45, 2.75) is 39.0 Å². The molecule has 1 saturated heterocycles. The summed E-state index contributed by atoms with van der Waals surface area (Å²) in [6.07, 6.45) is 0.113. The number of ether oxygens (including phenoxy) is 1. The molecule has 20 heavy (non-hydrogen) atoms. The third-order valence-corrected chi connectivity index (χ3v) is 3.25. The van der Waals surface area contributed by atoms with Crippen LogP contribution in [0.3, 0.4) is 0 Å². The van der Waals surface area contributed by atoms with Crippen LogP contribution >= 0.6 is 0 Å². The van der Waals surface area contributed by atoms with Crippen molar-refractivity contribution in [3.05, 3.63) is 39.7 Å². The lowest BCUT2D eigenvalue weighted by Crippen LogP contribution is -2.51. The average molecular weight is 282 g/mol. The first-order valence-electron chi connectivity index (χ1n) is 6.60. The molecule has 1 atom stereocenters.